The minimum absolute atomic E-state index is 0.0970. The molecule has 3 nitrogen and oxygen atoms in total. The van der Waals surface area contributed by atoms with Gasteiger partial charge in [-0.3, -0.25) is 0 Å². The number of hydrogen-bond acceptors (Lipinski definition) is 3. The van der Waals surface area contributed by atoms with Crippen molar-refractivity contribution in [1.82, 2.24) is 0 Å². The molecule has 2 rings (SSSR count). The van der Waals surface area contributed by atoms with Gasteiger partial charge in [0, 0.05) is 23.7 Å². The van der Waals surface area contributed by atoms with Crippen LogP contribution in [0.5, 0.6) is 0 Å². The molecule has 1 aliphatic heterocycles. The molecule has 0 unspecified atom stereocenters. The Labute approximate surface area is 105 Å². The van der Waals surface area contributed by atoms with Gasteiger partial charge in [-0.15, -0.1) is 0 Å². The molecule has 1 aromatic rings. The topological polar surface area (TPSA) is 38.7 Å². The first-order valence-electron chi connectivity index (χ1n) is 5.64. The highest BCUT2D eigenvalue weighted by molar-refractivity contribution is 6.30. The molecule has 1 aromatic carbocycles. The zero-order valence-corrected chi connectivity index (χ0v) is 10.2. The maximum atomic E-state index is 10.3. The predicted molar refractivity (Wildman–Crippen MR) is 66.2 cm³/mol. The Balaban J connectivity index is 2.31. The second kappa shape index (κ2) is 5.46. The van der Waals surface area contributed by atoms with E-state index >= 15 is 0 Å². The van der Waals surface area contributed by atoms with E-state index in [4.69, 9.17) is 16.3 Å². The number of carbonyl (C=O) groups excluding carboxylic acids is 1. The van der Waals surface area contributed by atoms with Crippen LogP contribution in [0, 0.1) is 0 Å². The summed E-state index contributed by atoms with van der Waals surface area (Å²) in [6, 6.07) is 7.76. The molecule has 0 radical (unpaired) electrons. The van der Waals surface area contributed by atoms with E-state index in [9.17, 15) is 4.79 Å². The zero-order valence-electron chi connectivity index (χ0n) is 9.49. The summed E-state index contributed by atoms with van der Waals surface area (Å²) in [6.45, 7) is 1.88. The largest absolute Gasteiger partial charge is 0.381 e. The maximum absolute atomic E-state index is 10.3. The van der Waals surface area contributed by atoms with Crippen LogP contribution in [0.2, 0.25) is 5.02 Å². The van der Waals surface area contributed by atoms with Crippen LogP contribution in [-0.2, 0) is 14.9 Å². The first kappa shape index (κ1) is 12.3. The van der Waals surface area contributed by atoms with Gasteiger partial charge >= 0.3 is 0 Å². The molecule has 1 aliphatic rings. The summed E-state index contributed by atoms with van der Waals surface area (Å²) in [4.78, 5) is 14.1. The van der Waals surface area contributed by atoms with Crippen LogP contribution in [0.4, 0.5) is 0 Å². The van der Waals surface area contributed by atoms with Crippen LogP contribution in [0.3, 0.4) is 0 Å². The molecule has 1 fully saturated rings. The molecule has 90 valence electrons. The van der Waals surface area contributed by atoms with Gasteiger partial charge in [-0.25, -0.2) is 9.79 Å². The molecule has 17 heavy (non-hydrogen) atoms. The Hall–Kier alpha value is -1.15. The molecule has 0 N–H and O–H groups in total. The number of benzene rings is 1. The summed E-state index contributed by atoms with van der Waals surface area (Å²) in [5.74, 6) is 0. The highest BCUT2D eigenvalue weighted by atomic mass is 35.5. The van der Waals surface area contributed by atoms with Gasteiger partial charge in [0.2, 0.25) is 6.08 Å². The van der Waals surface area contributed by atoms with E-state index in [1.807, 2.05) is 24.3 Å². The molecule has 4 heteroatoms. The van der Waals surface area contributed by atoms with Crippen molar-refractivity contribution in [2.24, 2.45) is 4.99 Å². The van der Waals surface area contributed by atoms with Crippen molar-refractivity contribution in [2.45, 2.75) is 18.3 Å². The summed E-state index contributed by atoms with van der Waals surface area (Å²) in [5, 5.41) is 0.717. The Bertz CT molecular complexity index is 418. The minimum Gasteiger partial charge on any atom is -0.381 e. The average Bonchev–Trinajstić information content (AvgIpc) is 2.38. The standard InChI is InChI=1S/C13H14ClNO2/c14-12-3-1-11(2-4-12)13(9-15-10-16)5-7-17-8-6-13/h1-4H,5-9H2. The van der Waals surface area contributed by atoms with Crippen molar-refractivity contribution < 1.29 is 9.53 Å². The first-order chi connectivity index (χ1) is 8.27. The van der Waals surface area contributed by atoms with Crippen LogP contribution < -0.4 is 0 Å². The fourth-order valence-corrected chi connectivity index (χ4v) is 2.41. The summed E-state index contributed by atoms with van der Waals surface area (Å²) < 4.78 is 5.38. The fourth-order valence-electron chi connectivity index (χ4n) is 2.29. The third kappa shape index (κ3) is 2.75. The molecule has 1 heterocycles. The lowest BCUT2D eigenvalue weighted by molar-refractivity contribution is 0.0531. The SMILES string of the molecule is O=C=NCC1(c2ccc(Cl)cc2)CCOCC1. The van der Waals surface area contributed by atoms with Gasteiger partial charge in [0.05, 0.1) is 6.54 Å². The lowest BCUT2D eigenvalue weighted by Crippen LogP contribution is -2.36. The van der Waals surface area contributed by atoms with Crippen molar-refractivity contribution in [3.05, 3.63) is 34.9 Å². The van der Waals surface area contributed by atoms with E-state index in [1.165, 1.54) is 5.56 Å². The minimum atomic E-state index is -0.0970. The van der Waals surface area contributed by atoms with Crippen molar-refractivity contribution in [1.29, 1.82) is 0 Å². The van der Waals surface area contributed by atoms with Gasteiger partial charge in [-0.05, 0) is 30.5 Å². The molecule has 0 bridgehead atoms. The quantitative estimate of drug-likeness (QED) is 0.612. The van der Waals surface area contributed by atoms with Crippen molar-refractivity contribution in [3.63, 3.8) is 0 Å². The summed E-state index contributed by atoms with van der Waals surface area (Å²) >= 11 is 5.89. The second-order valence-corrected chi connectivity index (χ2v) is 4.74. The third-order valence-corrected chi connectivity index (χ3v) is 3.60. The molecule has 0 saturated carbocycles. The molecule has 0 atom stereocenters. The molecular formula is C13H14ClNO2. The zero-order chi connectivity index (χ0) is 12.1. The Morgan fingerprint density at radius 3 is 2.53 bits per heavy atom. The van der Waals surface area contributed by atoms with Crippen molar-refractivity contribution in [2.75, 3.05) is 19.8 Å². The van der Waals surface area contributed by atoms with Crippen LogP contribution in [0.15, 0.2) is 29.3 Å². The third-order valence-electron chi connectivity index (χ3n) is 3.35. The van der Waals surface area contributed by atoms with E-state index in [-0.39, 0.29) is 5.41 Å². The highest BCUT2D eigenvalue weighted by Gasteiger charge is 2.34. The van der Waals surface area contributed by atoms with Crippen LogP contribution in [-0.4, -0.2) is 25.8 Å². The number of nitrogens with zero attached hydrogens (tertiary/aromatic N) is 1. The Morgan fingerprint density at radius 2 is 1.94 bits per heavy atom. The monoisotopic (exact) mass is 251 g/mol. The smallest absolute Gasteiger partial charge is 0.234 e. The molecule has 0 amide bonds. The molecular weight excluding hydrogens is 238 g/mol. The normalized spacial score (nSPS) is 18.4. The molecule has 1 saturated heterocycles. The Kier molecular flexibility index (Phi) is 3.95. The van der Waals surface area contributed by atoms with Gasteiger partial charge in [-0.2, -0.15) is 0 Å². The maximum Gasteiger partial charge on any atom is 0.234 e. The number of rotatable bonds is 3. The van der Waals surface area contributed by atoms with E-state index in [0.717, 1.165) is 17.9 Å². The van der Waals surface area contributed by atoms with E-state index in [0.29, 0.717) is 19.8 Å². The summed E-state index contributed by atoms with van der Waals surface area (Å²) in [6.07, 6.45) is 3.38. The van der Waals surface area contributed by atoms with Gasteiger partial charge in [-0.1, -0.05) is 23.7 Å². The van der Waals surface area contributed by atoms with E-state index in [2.05, 4.69) is 4.99 Å². The van der Waals surface area contributed by atoms with Gasteiger partial charge in [0.1, 0.15) is 0 Å². The number of halogens is 1. The number of isocyanates is 1. The average molecular weight is 252 g/mol. The predicted octanol–water partition coefficient (Wildman–Crippen LogP) is 2.72. The highest BCUT2D eigenvalue weighted by Crippen LogP contribution is 2.35. The lowest BCUT2D eigenvalue weighted by Gasteiger charge is -2.36. The van der Waals surface area contributed by atoms with Gasteiger partial charge in [0.15, 0.2) is 0 Å². The van der Waals surface area contributed by atoms with Crippen LogP contribution >= 0.6 is 11.6 Å². The first-order valence-corrected chi connectivity index (χ1v) is 6.02. The summed E-state index contributed by atoms with van der Waals surface area (Å²) in [7, 11) is 0. The molecule has 0 aromatic heterocycles. The summed E-state index contributed by atoms with van der Waals surface area (Å²) in [5.41, 5.74) is 1.07. The second-order valence-electron chi connectivity index (χ2n) is 4.31. The molecule has 0 aliphatic carbocycles. The number of hydrogen-bond donors (Lipinski definition) is 0. The molecule has 0 spiro atoms. The Morgan fingerprint density at radius 1 is 1.29 bits per heavy atom. The fraction of sp³-hybridized carbons (Fsp3) is 0.462. The number of ether oxygens (including phenoxy) is 1. The van der Waals surface area contributed by atoms with Gasteiger partial charge in [0.25, 0.3) is 0 Å². The number of aliphatic imine (C=N–C) groups is 1. The van der Waals surface area contributed by atoms with Gasteiger partial charge < -0.3 is 4.74 Å². The van der Waals surface area contributed by atoms with Crippen molar-refractivity contribution >= 4 is 17.7 Å². The van der Waals surface area contributed by atoms with Crippen molar-refractivity contribution in [3.8, 4) is 0 Å². The van der Waals surface area contributed by atoms with E-state index < -0.39 is 0 Å². The van der Waals surface area contributed by atoms with E-state index in [1.54, 1.807) is 6.08 Å². The van der Waals surface area contributed by atoms with Crippen LogP contribution in [0.25, 0.3) is 0 Å². The lowest BCUT2D eigenvalue weighted by atomic mass is 9.74. The van der Waals surface area contributed by atoms with Crippen LogP contribution in [0.1, 0.15) is 18.4 Å².